The van der Waals surface area contributed by atoms with E-state index in [0.29, 0.717) is 0 Å². The van der Waals surface area contributed by atoms with Gasteiger partial charge in [-0.2, -0.15) is 0 Å². The number of hydrogen-bond acceptors (Lipinski definition) is 13. The van der Waals surface area contributed by atoms with Gasteiger partial charge in [0, 0.05) is 25.2 Å². The summed E-state index contributed by atoms with van der Waals surface area (Å²) in [6, 6.07) is 0. The van der Waals surface area contributed by atoms with E-state index in [1.807, 2.05) is 0 Å². The second kappa shape index (κ2) is 19.3. The van der Waals surface area contributed by atoms with Gasteiger partial charge in [0.15, 0.2) is 0 Å². The van der Waals surface area contributed by atoms with E-state index in [4.69, 9.17) is 10.00 Å². The first-order valence-corrected chi connectivity index (χ1v) is 12.2. The summed E-state index contributed by atoms with van der Waals surface area (Å²) in [5, 5.41) is 8.77. The van der Waals surface area contributed by atoms with Crippen LogP contribution in [-0.2, 0) is 55.8 Å². The fourth-order valence-corrected chi connectivity index (χ4v) is 2.51. The minimum absolute atomic E-state index is 0. The zero-order valence-corrected chi connectivity index (χ0v) is 21.0. The Bertz CT molecular complexity index is 795. The van der Waals surface area contributed by atoms with E-state index in [2.05, 4.69) is 45.5 Å². The molecule has 0 aliphatic carbocycles. The Morgan fingerprint density at radius 1 is 0.829 bits per heavy atom. The molecule has 15 nitrogen and oxygen atoms in total. The molecule has 0 saturated carbocycles. The zero-order chi connectivity index (χ0) is 26.9. The van der Waals surface area contributed by atoms with Gasteiger partial charge in [-0.1, -0.05) is 20.6 Å². The number of ether oxygens (including phenoxy) is 3. The third kappa shape index (κ3) is 22.3. The van der Waals surface area contributed by atoms with Crippen molar-refractivity contribution in [3.63, 3.8) is 0 Å². The summed E-state index contributed by atoms with van der Waals surface area (Å²) in [4.78, 5) is 50.4. The van der Waals surface area contributed by atoms with Crippen LogP contribution in [0, 0.1) is 0 Å². The molecule has 35 heavy (non-hydrogen) atoms. The number of carbonyl (C=O) groups excluding carboxylic acids is 3. The Balaban J connectivity index is -0.000000603. The lowest BCUT2D eigenvalue weighted by molar-refractivity contribution is -0.169. The molecule has 0 heterocycles. The Kier molecular flexibility index (Phi) is 20.7. The van der Waals surface area contributed by atoms with Crippen LogP contribution in [-0.4, -0.2) is 79.2 Å². The highest BCUT2D eigenvalue weighted by Crippen LogP contribution is 2.44. The second-order valence-corrected chi connectivity index (χ2v) is 8.91. The molecule has 0 spiro atoms. The van der Waals surface area contributed by atoms with E-state index in [0.717, 1.165) is 14.0 Å². The maximum Gasteiger partial charge on any atom is 0.475 e. The van der Waals surface area contributed by atoms with Crippen LogP contribution in [0.25, 0.3) is 0 Å². The predicted molar refractivity (Wildman–Crippen MR) is 121 cm³/mol. The molecule has 3 unspecified atom stereocenters. The summed E-state index contributed by atoms with van der Waals surface area (Å²) < 4.78 is 53.1. The third-order valence-electron chi connectivity index (χ3n) is 2.77. The molecule has 0 fully saturated rings. The first-order chi connectivity index (χ1) is 15.6. The van der Waals surface area contributed by atoms with Crippen LogP contribution in [0.4, 0.5) is 0 Å². The van der Waals surface area contributed by atoms with Crippen LogP contribution >= 0.6 is 15.6 Å². The molecule has 0 amide bonds. The number of rotatable bonds is 15. The average molecular weight is 552 g/mol. The van der Waals surface area contributed by atoms with Gasteiger partial charge in [-0.15, -0.1) is 0 Å². The van der Waals surface area contributed by atoms with Crippen LogP contribution in [0.1, 0.15) is 28.2 Å². The van der Waals surface area contributed by atoms with Crippen molar-refractivity contribution in [3.8, 4) is 0 Å². The van der Waals surface area contributed by atoms with Crippen molar-refractivity contribution in [3.05, 3.63) is 24.3 Å². The highest BCUT2D eigenvalue weighted by atomic mass is 31.2. The van der Waals surface area contributed by atoms with Crippen molar-refractivity contribution < 1.29 is 70.7 Å². The molecule has 0 saturated heterocycles. The van der Waals surface area contributed by atoms with Crippen molar-refractivity contribution >= 4 is 33.6 Å². The predicted octanol–water partition coefficient (Wildman–Crippen LogP) is 1.63. The Morgan fingerprint density at radius 3 is 1.54 bits per heavy atom. The molecule has 3 atom stereocenters. The lowest BCUT2D eigenvalue weighted by Gasteiger charge is -2.18. The smallest absolute Gasteiger partial charge is 0.460 e. The van der Waals surface area contributed by atoms with Crippen LogP contribution in [0.5, 0.6) is 0 Å². The van der Waals surface area contributed by atoms with Gasteiger partial charge in [0.2, 0.25) is 6.29 Å². The van der Waals surface area contributed by atoms with Crippen LogP contribution in [0.2, 0.25) is 0 Å². The van der Waals surface area contributed by atoms with Gasteiger partial charge < -0.3 is 29.1 Å². The van der Waals surface area contributed by atoms with Crippen molar-refractivity contribution in [2.75, 3.05) is 40.1 Å². The number of carbonyl (C=O) groups is 3. The number of phosphoric ester groups is 2. The molecule has 0 aromatic carbocycles. The van der Waals surface area contributed by atoms with E-state index in [-0.39, 0.29) is 38.4 Å². The van der Waals surface area contributed by atoms with Gasteiger partial charge in [0.05, 0.1) is 13.2 Å². The van der Waals surface area contributed by atoms with Crippen LogP contribution < -0.4 is 0 Å². The van der Waals surface area contributed by atoms with Gasteiger partial charge in [0.1, 0.15) is 19.8 Å². The first kappa shape index (κ1) is 37.6. The van der Waals surface area contributed by atoms with Crippen molar-refractivity contribution in [2.45, 2.75) is 34.5 Å². The topological polar surface area (TPSA) is 211 Å². The minimum atomic E-state index is -4.56. The highest BCUT2D eigenvalue weighted by Gasteiger charge is 2.28. The lowest BCUT2D eigenvalue weighted by Crippen LogP contribution is -2.23. The van der Waals surface area contributed by atoms with E-state index in [9.17, 15) is 28.4 Å². The van der Waals surface area contributed by atoms with Gasteiger partial charge in [-0.3, -0.25) is 18.4 Å². The molecule has 0 radical (unpaired) electrons. The molecule has 3 N–H and O–H groups in total. The van der Waals surface area contributed by atoms with E-state index in [1.54, 1.807) is 0 Å². The summed E-state index contributed by atoms with van der Waals surface area (Å²) in [5.41, 5.74) is 0.424. The monoisotopic (exact) mass is 552 g/mol. The average Bonchev–Trinajstić information content (AvgIpc) is 2.73. The molecule has 17 heteroatoms. The Labute approximate surface area is 203 Å². The van der Waals surface area contributed by atoms with Gasteiger partial charge in [-0.05, 0) is 13.8 Å². The van der Waals surface area contributed by atoms with E-state index in [1.165, 1.54) is 13.8 Å². The first-order valence-electron chi connectivity index (χ1n) is 9.19. The minimum Gasteiger partial charge on any atom is -0.460 e. The number of phosphoric acid groups is 2. The van der Waals surface area contributed by atoms with Crippen molar-refractivity contribution in [2.24, 2.45) is 0 Å². The van der Waals surface area contributed by atoms with Crippen molar-refractivity contribution in [1.82, 2.24) is 0 Å². The Morgan fingerprint density at radius 2 is 1.23 bits per heavy atom. The van der Waals surface area contributed by atoms with Gasteiger partial charge >= 0.3 is 33.6 Å². The van der Waals surface area contributed by atoms with Gasteiger partial charge in [-0.25, -0.2) is 23.2 Å². The summed E-state index contributed by atoms with van der Waals surface area (Å²) in [6.45, 7) is 8.79. The highest BCUT2D eigenvalue weighted by molar-refractivity contribution is 7.47. The number of aliphatic hydroxyl groups excluding tert-OH is 1. The molecular formula is C18H34O15P2. The molecule has 206 valence electrons. The quantitative estimate of drug-likeness (QED) is 0.0658. The fraction of sp³-hybridized carbons (Fsp3) is 0.611. The van der Waals surface area contributed by atoms with E-state index < -0.39 is 53.1 Å². The maximum atomic E-state index is 11.4. The molecule has 0 rings (SSSR count). The molecule has 0 bridgehead atoms. The maximum absolute atomic E-state index is 11.4. The molecule has 0 aliphatic rings. The molecular weight excluding hydrogens is 518 g/mol. The SMILES string of the molecule is C.C=C(C)C(=O)OCCOP(=O)(O)OC.C=C(C)C(=O)OCCOP(=O)(O)OC(CO)OC(C)=O. The molecule has 0 aromatic rings. The van der Waals surface area contributed by atoms with Crippen LogP contribution in [0.3, 0.4) is 0 Å². The normalized spacial score (nSPS) is 14.4. The molecule has 0 aromatic heterocycles. The Hall–Kier alpha value is -1.93. The largest absolute Gasteiger partial charge is 0.475 e. The second-order valence-electron chi connectivity index (χ2n) is 5.95. The summed E-state index contributed by atoms with van der Waals surface area (Å²) in [6.07, 6.45) is -1.62. The number of esters is 3. The summed E-state index contributed by atoms with van der Waals surface area (Å²) >= 11 is 0. The van der Waals surface area contributed by atoms with E-state index >= 15 is 0 Å². The third-order valence-corrected chi connectivity index (χ3v) is 4.75. The lowest BCUT2D eigenvalue weighted by atomic mass is 10.4. The zero-order valence-electron chi connectivity index (χ0n) is 19.2. The van der Waals surface area contributed by atoms with Gasteiger partial charge in [0.25, 0.3) is 0 Å². The number of aliphatic hydroxyl groups is 1. The standard InChI is InChI=1S/C10H17O9P.C7H13O6P.CH4/c1-7(2)10(13)16-4-5-17-20(14,15)19-9(6-11)18-8(3)12;1-6(2)7(8)12-4-5-13-14(9,10)11-3;/h9,11H,1,4-6H2,2-3H3,(H,14,15);1,4-5H2,2-3H3,(H,9,10);1H4. The number of hydrogen-bond donors (Lipinski definition) is 3. The van der Waals surface area contributed by atoms with Crippen LogP contribution in [0.15, 0.2) is 24.3 Å². The fourth-order valence-electron chi connectivity index (χ4n) is 1.33. The summed E-state index contributed by atoms with van der Waals surface area (Å²) in [5.74, 6) is -2.05. The summed E-state index contributed by atoms with van der Waals surface area (Å²) in [7, 11) is -7.48. The van der Waals surface area contributed by atoms with Crippen molar-refractivity contribution in [1.29, 1.82) is 0 Å². The molecule has 0 aliphatic heterocycles.